The average Bonchev–Trinajstić information content (AvgIpc) is 3.21. The van der Waals surface area contributed by atoms with Gasteiger partial charge in [-0.2, -0.15) is 18.4 Å². The number of alkyl halides is 3. The molecule has 2 bridgehead atoms. The van der Waals surface area contributed by atoms with Gasteiger partial charge in [-0.25, -0.2) is 4.79 Å². The summed E-state index contributed by atoms with van der Waals surface area (Å²) in [5.41, 5.74) is -4.10. The lowest BCUT2D eigenvalue weighted by atomic mass is 9.78. The number of nitrogens with zero attached hydrogens (tertiary/aromatic N) is 2. The van der Waals surface area contributed by atoms with Crippen LogP contribution < -0.4 is 5.32 Å². The molecule has 0 spiro atoms. The zero-order valence-electron chi connectivity index (χ0n) is 17.4. The van der Waals surface area contributed by atoms with Gasteiger partial charge in [0.15, 0.2) is 0 Å². The zero-order chi connectivity index (χ0) is 23.6. The van der Waals surface area contributed by atoms with Gasteiger partial charge in [-0.1, -0.05) is 0 Å². The first-order valence-corrected chi connectivity index (χ1v) is 9.81. The van der Waals surface area contributed by atoms with Gasteiger partial charge in [0.2, 0.25) is 11.8 Å². The zero-order valence-corrected chi connectivity index (χ0v) is 17.4. The summed E-state index contributed by atoms with van der Waals surface area (Å²) >= 11 is 0. The molecule has 4 rings (SSSR count). The molecule has 1 amide bonds. The average molecular weight is 451 g/mol. The minimum Gasteiger partial charge on any atom is -0.494 e. The van der Waals surface area contributed by atoms with Gasteiger partial charge in [0, 0.05) is 13.0 Å². The second-order valence-corrected chi connectivity index (χ2v) is 8.14. The van der Waals surface area contributed by atoms with E-state index in [9.17, 15) is 28.2 Å². The number of fused-ring (bicyclic) bond motifs is 5. The maximum atomic E-state index is 13.4. The van der Waals surface area contributed by atoms with E-state index in [1.165, 1.54) is 12.1 Å². The largest absolute Gasteiger partial charge is 0.494 e. The SMILES string of the molecule is CCNC(=O)O[C@@H]1C[C@@]2(C)O[C@]1(C)c1c2c(O)n(-c2ccc(C#N)c(C(F)(F)F)c2)c1O. The smallest absolute Gasteiger partial charge is 0.417 e. The third-order valence-electron chi connectivity index (χ3n) is 6.03. The number of nitrogens with one attached hydrogen (secondary N) is 1. The number of ether oxygens (including phenoxy) is 2. The topological polar surface area (TPSA) is 117 Å². The Morgan fingerprint density at radius 3 is 2.59 bits per heavy atom. The molecule has 3 atom stereocenters. The molecule has 0 unspecified atom stereocenters. The predicted octanol–water partition coefficient (Wildman–Crippen LogP) is 3.76. The van der Waals surface area contributed by atoms with Crippen molar-refractivity contribution in [1.29, 1.82) is 5.26 Å². The van der Waals surface area contributed by atoms with Gasteiger partial charge in [-0.15, -0.1) is 0 Å². The number of carbonyl (C=O) groups is 1. The number of benzene rings is 1. The third kappa shape index (κ3) is 2.90. The van der Waals surface area contributed by atoms with E-state index in [-0.39, 0.29) is 23.2 Å². The number of aromatic nitrogens is 1. The van der Waals surface area contributed by atoms with E-state index in [0.717, 1.165) is 10.6 Å². The van der Waals surface area contributed by atoms with Crippen LogP contribution in [0.2, 0.25) is 0 Å². The van der Waals surface area contributed by atoms with Crippen molar-refractivity contribution in [3.63, 3.8) is 0 Å². The van der Waals surface area contributed by atoms with E-state index in [1.807, 2.05) is 0 Å². The molecule has 170 valence electrons. The van der Waals surface area contributed by atoms with Crippen LogP contribution in [-0.2, 0) is 26.9 Å². The van der Waals surface area contributed by atoms with Crippen molar-refractivity contribution in [2.75, 3.05) is 6.54 Å². The van der Waals surface area contributed by atoms with Gasteiger partial charge in [0.05, 0.1) is 34.0 Å². The number of rotatable bonds is 3. The Morgan fingerprint density at radius 2 is 2.00 bits per heavy atom. The second kappa shape index (κ2) is 6.80. The van der Waals surface area contributed by atoms with Crippen molar-refractivity contribution in [3.8, 4) is 23.5 Å². The van der Waals surface area contributed by atoms with Crippen LogP contribution in [0, 0.1) is 11.3 Å². The number of amides is 1. The lowest BCUT2D eigenvalue weighted by Gasteiger charge is -2.29. The van der Waals surface area contributed by atoms with E-state index in [2.05, 4.69) is 5.32 Å². The molecule has 32 heavy (non-hydrogen) atoms. The molecule has 0 radical (unpaired) electrons. The number of hydrogen-bond donors (Lipinski definition) is 3. The van der Waals surface area contributed by atoms with Crippen LogP contribution in [-0.4, -0.2) is 33.5 Å². The molecule has 3 N–H and O–H groups in total. The molecule has 0 saturated carbocycles. The summed E-state index contributed by atoms with van der Waals surface area (Å²) in [6, 6.07) is 4.34. The van der Waals surface area contributed by atoms with E-state index < -0.39 is 52.5 Å². The Bertz CT molecular complexity index is 1170. The Hall–Kier alpha value is -3.39. The lowest BCUT2D eigenvalue weighted by molar-refractivity contribution is -0.137. The second-order valence-electron chi connectivity index (χ2n) is 8.14. The van der Waals surface area contributed by atoms with Gasteiger partial charge in [0.25, 0.3) is 0 Å². The van der Waals surface area contributed by atoms with Crippen LogP contribution in [0.3, 0.4) is 0 Å². The highest BCUT2D eigenvalue weighted by atomic mass is 19.4. The molecule has 2 aliphatic rings. The summed E-state index contributed by atoms with van der Waals surface area (Å²) in [4.78, 5) is 12.0. The Balaban J connectivity index is 1.85. The first-order valence-electron chi connectivity index (χ1n) is 9.81. The number of hydrogen-bond acceptors (Lipinski definition) is 6. The van der Waals surface area contributed by atoms with E-state index in [0.29, 0.717) is 12.6 Å². The van der Waals surface area contributed by atoms with Gasteiger partial charge >= 0.3 is 12.3 Å². The van der Waals surface area contributed by atoms with Crippen molar-refractivity contribution in [1.82, 2.24) is 9.88 Å². The molecule has 1 fully saturated rings. The van der Waals surface area contributed by atoms with Gasteiger partial charge in [-0.3, -0.25) is 4.57 Å². The molecule has 11 heteroatoms. The predicted molar refractivity (Wildman–Crippen MR) is 103 cm³/mol. The standard InChI is InChI=1S/C21H20F3N3O5/c1-4-26-18(30)31-13-8-19(2)14-15(20(13,3)32-19)17(29)27(16(14)28)11-6-5-10(9-25)12(7-11)21(22,23)24/h5-7,13,28-29H,4,8H2,1-3H3,(H,26,30)/t13-,19-,20+/m1/s1. The van der Waals surface area contributed by atoms with Crippen LogP contribution >= 0.6 is 0 Å². The quantitative estimate of drug-likeness (QED) is 0.654. The van der Waals surface area contributed by atoms with Crippen LogP contribution in [0.25, 0.3) is 5.69 Å². The van der Waals surface area contributed by atoms with Crippen molar-refractivity contribution in [3.05, 3.63) is 40.5 Å². The molecule has 8 nitrogen and oxygen atoms in total. The van der Waals surface area contributed by atoms with Crippen LogP contribution in [0.5, 0.6) is 11.8 Å². The summed E-state index contributed by atoms with van der Waals surface area (Å²) < 4.78 is 52.7. The summed E-state index contributed by atoms with van der Waals surface area (Å²) in [6.07, 6.45) is -6.12. The van der Waals surface area contributed by atoms with Gasteiger partial charge < -0.3 is 25.0 Å². The highest BCUT2D eigenvalue weighted by molar-refractivity contribution is 5.68. The van der Waals surface area contributed by atoms with Crippen LogP contribution in [0.15, 0.2) is 18.2 Å². The van der Waals surface area contributed by atoms with E-state index in [1.54, 1.807) is 20.8 Å². The Morgan fingerprint density at radius 1 is 1.34 bits per heavy atom. The molecule has 0 aliphatic carbocycles. The maximum absolute atomic E-state index is 13.4. The maximum Gasteiger partial charge on any atom is 0.417 e. The first-order chi connectivity index (χ1) is 14.9. The summed E-state index contributed by atoms with van der Waals surface area (Å²) in [7, 11) is 0. The Labute approximate surface area is 180 Å². The fraction of sp³-hybridized carbons (Fsp3) is 0.429. The lowest BCUT2D eigenvalue weighted by Crippen LogP contribution is -2.39. The molecular formula is C21H20F3N3O5. The summed E-state index contributed by atoms with van der Waals surface area (Å²) in [6.45, 7) is 5.28. The van der Waals surface area contributed by atoms with Gasteiger partial charge in [-0.05, 0) is 39.0 Å². The minimum absolute atomic E-state index is 0.135. The fourth-order valence-electron chi connectivity index (χ4n) is 4.72. The monoisotopic (exact) mass is 451 g/mol. The molecular weight excluding hydrogens is 431 g/mol. The highest BCUT2D eigenvalue weighted by Crippen LogP contribution is 2.65. The summed E-state index contributed by atoms with van der Waals surface area (Å²) in [5.74, 6) is -1.02. The normalized spacial score (nSPS) is 26.0. The molecule has 2 aliphatic heterocycles. The van der Waals surface area contributed by atoms with E-state index in [4.69, 9.17) is 14.7 Å². The molecule has 1 aromatic heterocycles. The number of alkyl carbamates (subject to hydrolysis) is 1. The van der Waals surface area contributed by atoms with Crippen molar-refractivity contribution in [2.24, 2.45) is 0 Å². The van der Waals surface area contributed by atoms with Crippen LogP contribution in [0.4, 0.5) is 18.0 Å². The number of aromatic hydroxyl groups is 2. The molecule has 1 aromatic carbocycles. The van der Waals surface area contributed by atoms with Crippen LogP contribution in [0.1, 0.15) is 49.4 Å². The van der Waals surface area contributed by atoms with Gasteiger partial charge in [0.1, 0.15) is 17.3 Å². The van der Waals surface area contributed by atoms with Crippen molar-refractivity contribution in [2.45, 2.75) is 50.7 Å². The number of carbonyl (C=O) groups excluding carboxylic acids is 1. The highest BCUT2D eigenvalue weighted by Gasteiger charge is 2.66. The van der Waals surface area contributed by atoms with Crippen molar-refractivity contribution < 1.29 is 37.7 Å². The number of nitriles is 1. The molecule has 2 aromatic rings. The third-order valence-corrected chi connectivity index (χ3v) is 6.03. The number of halogens is 3. The molecule has 3 heterocycles. The Kier molecular flexibility index (Phi) is 4.64. The minimum atomic E-state index is -4.81. The van der Waals surface area contributed by atoms with E-state index >= 15 is 0 Å². The van der Waals surface area contributed by atoms with Crippen molar-refractivity contribution >= 4 is 6.09 Å². The summed E-state index contributed by atoms with van der Waals surface area (Å²) in [5, 5.41) is 33.4. The molecule has 1 saturated heterocycles. The fourth-order valence-corrected chi connectivity index (χ4v) is 4.72. The first kappa shape index (κ1) is 21.8.